The number of thiazole rings is 1. The van der Waals surface area contributed by atoms with Gasteiger partial charge in [0.25, 0.3) is 10.0 Å². The van der Waals surface area contributed by atoms with Gasteiger partial charge >= 0.3 is 5.97 Å². The van der Waals surface area contributed by atoms with Gasteiger partial charge in [-0.3, -0.25) is 0 Å². The van der Waals surface area contributed by atoms with Crippen LogP contribution in [0.25, 0.3) is 0 Å². The topological polar surface area (TPSA) is 76.6 Å². The van der Waals surface area contributed by atoms with E-state index in [-0.39, 0.29) is 9.90 Å². The quantitative estimate of drug-likeness (QED) is 0.733. The molecule has 0 spiro atoms. The lowest BCUT2D eigenvalue weighted by molar-refractivity contribution is 0.0590. The maximum Gasteiger partial charge on any atom is 0.358 e. The highest BCUT2D eigenvalue weighted by atomic mass is 32.2. The van der Waals surface area contributed by atoms with E-state index in [4.69, 9.17) is 0 Å². The number of methoxy groups -OCH3 is 1. The van der Waals surface area contributed by atoms with E-state index in [0.29, 0.717) is 13.1 Å². The molecule has 16 heavy (non-hydrogen) atoms. The van der Waals surface area contributed by atoms with E-state index >= 15 is 0 Å². The predicted octanol–water partition coefficient (Wildman–Crippen LogP) is 0.324. The first kappa shape index (κ1) is 11.5. The first-order valence-electron chi connectivity index (χ1n) is 4.59. The van der Waals surface area contributed by atoms with Gasteiger partial charge < -0.3 is 4.74 Å². The molecule has 0 atom stereocenters. The van der Waals surface area contributed by atoms with E-state index < -0.39 is 16.0 Å². The highest BCUT2D eigenvalue weighted by Gasteiger charge is 2.34. The fourth-order valence-corrected chi connectivity index (χ4v) is 4.08. The first-order chi connectivity index (χ1) is 7.57. The third kappa shape index (κ3) is 1.72. The number of rotatable bonds is 3. The summed E-state index contributed by atoms with van der Waals surface area (Å²) in [6, 6.07) is 0. The zero-order valence-corrected chi connectivity index (χ0v) is 10.2. The maximum absolute atomic E-state index is 12.0. The first-order valence-corrected chi connectivity index (χ1v) is 6.91. The number of carbonyl (C=O) groups is 1. The molecule has 1 saturated heterocycles. The average Bonchev–Trinajstić information content (AvgIpc) is 2.61. The number of carbonyl (C=O) groups excluding carboxylic acids is 1. The predicted molar refractivity (Wildman–Crippen MR) is 56.8 cm³/mol. The summed E-state index contributed by atoms with van der Waals surface area (Å²) in [5, 5.41) is 0. The molecule has 8 heteroatoms. The van der Waals surface area contributed by atoms with Crippen LogP contribution in [-0.4, -0.2) is 43.9 Å². The van der Waals surface area contributed by atoms with Gasteiger partial charge in [-0.25, -0.2) is 18.2 Å². The number of hydrogen-bond donors (Lipinski definition) is 0. The van der Waals surface area contributed by atoms with E-state index in [1.807, 2.05) is 0 Å². The fourth-order valence-electron chi connectivity index (χ4n) is 1.30. The van der Waals surface area contributed by atoms with Gasteiger partial charge in [0, 0.05) is 13.1 Å². The molecule has 0 N–H and O–H groups in total. The molecular formula is C8H10N2O4S2. The van der Waals surface area contributed by atoms with Crippen molar-refractivity contribution in [1.82, 2.24) is 9.29 Å². The molecular weight excluding hydrogens is 252 g/mol. The molecule has 0 unspecified atom stereocenters. The highest BCUT2D eigenvalue weighted by Crippen LogP contribution is 2.27. The van der Waals surface area contributed by atoms with Crippen molar-refractivity contribution in [3.8, 4) is 0 Å². The van der Waals surface area contributed by atoms with Crippen LogP contribution in [0.2, 0.25) is 0 Å². The summed E-state index contributed by atoms with van der Waals surface area (Å²) in [7, 11) is -2.36. The van der Waals surface area contributed by atoms with Crippen molar-refractivity contribution in [3.63, 3.8) is 0 Å². The van der Waals surface area contributed by atoms with Crippen LogP contribution in [0, 0.1) is 0 Å². The van der Waals surface area contributed by atoms with Crippen molar-refractivity contribution in [2.24, 2.45) is 0 Å². The van der Waals surface area contributed by atoms with Gasteiger partial charge in [0.1, 0.15) is 0 Å². The van der Waals surface area contributed by atoms with E-state index in [0.717, 1.165) is 17.8 Å². The Hall–Kier alpha value is -0.990. The fraction of sp³-hybridized carbons (Fsp3) is 0.500. The third-order valence-corrected chi connectivity index (χ3v) is 5.55. The normalized spacial score (nSPS) is 16.8. The van der Waals surface area contributed by atoms with Crippen molar-refractivity contribution >= 4 is 27.3 Å². The number of hydrogen-bond acceptors (Lipinski definition) is 6. The van der Waals surface area contributed by atoms with E-state index in [1.165, 1.54) is 16.9 Å². The Morgan fingerprint density at radius 2 is 2.25 bits per heavy atom. The Kier molecular flexibility index (Phi) is 2.96. The molecule has 0 bridgehead atoms. The molecule has 1 aromatic heterocycles. The van der Waals surface area contributed by atoms with Gasteiger partial charge in [-0.1, -0.05) is 0 Å². The highest BCUT2D eigenvalue weighted by molar-refractivity contribution is 7.91. The summed E-state index contributed by atoms with van der Waals surface area (Å²) < 4.78 is 29.8. The average molecular weight is 262 g/mol. The standard InChI is InChI=1S/C8H10N2O4S2/c1-14-7(11)6-8(15-5-9-6)16(12,13)10-3-2-4-10/h5H,2-4H2,1H3. The summed E-state index contributed by atoms with van der Waals surface area (Å²) in [6.07, 6.45) is 0.853. The van der Waals surface area contributed by atoms with Gasteiger partial charge in [0.15, 0.2) is 9.90 Å². The van der Waals surface area contributed by atoms with E-state index in [1.54, 1.807) is 0 Å². The SMILES string of the molecule is COC(=O)c1ncsc1S(=O)(=O)N1CCC1. The smallest absolute Gasteiger partial charge is 0.358 e. The van der Waals surface area contributed by atoms with Crippen LogP contribution in [0.1, 0.15) is 16.9 Å². The van der Waals surface area contributed by atoms with Crippen LogP contribution in [-0.2, 0) is 14.8 Å². The van der Waals surface area contributed by atoms with Crippen molar-refractivity contribution in [1.29, 1.82) is 0 Å². The minimum absolute atomic E-state index is 0.0287. The Bertz CT molecular complexity index is 504. The van der Waals surface area contributed by atoms with Crippen molar-refractivity contribution in [3.05, 3.63) is 11.2 Å². The molecule has 0 amide bonds. The zero-order chi connectivity index (χ0) is 11.8. The van der Waals surface area contributed by atoms with Crippen molar-refractivity contribution < 1.29 is 17.9 Å². The summed E-state index contributed by atoms with van der Waals surface area (Å²) in [5.41, 5.74) is 1.21. The van der Waals surface area contributed by atoms with E-state index in [2.05, 4.69) is 9.72 Å². The number of esters is 1. The van der Waals surface area contributed by atoms with Crippen LogP contribution in [0.5, 0.6) is 0 Å². The molecule has 0 radical (unpaired) electrons. The molecule has 2 heterocycles. The Labute approximate surface area is 96.9 Å². The van der Waals surface area contributed by atoms with Gasteiger partial charge in [-0.05, 0) is 6.42 Å². The molecule has 1 aliphatic rings. The van der Waals surface area contributed by atoms with Crippen molar-refractivity contribution in [2.45, 2.75) is 10.6 Å². The lowest BCUT2D eigenvalue weighted by atomic mass is 10.3. The number of aromatic nitrogens is 1. The minimum atomic E-state index is -3.56. The van der Waals surface area contributed by atoms with Crippen LogP contribution in [0.3, 0.4) is 0 Å². The molecule has 0 aliphatic carbocycles. The number of ether oxygens (including phenoxy) is 1. The molecule has 2 rings (SSSR count). The summed E-state index contributed by atoms with van der Waals surface area (Å²) in [6.45, 7) is 1.00. The molecule has 1 aromatic rings. The molecule has 1 fully saturated rings. The number of nitrogens with zero attached hydrogens (tertiary/aromatic N) is 2. The third-order valence-electron chi connectivity index (χ3n) is 2.30. The Balaban J connectivity index is 2.40. The van der Waals surface area contributed by atoms with Gasteiger partial charge in [-0.2, -0.15) is 4.31 Å². The van der Waals surface area contributed by atoms with Crippen LogP contribution >= 0.6 is 11.3 Å². The molecule has 6 nitrogen and oxygen atoms in total. The lowest BCUT2D eigenvalue weighted by Crippen LogP contribution is -2.42. The van der Waals surface area contributed by atoms with Gasteiger partial charge in [0.05, 0.1) is 12.6 Å². The molecule has 1 aliphatic heterocycles. The lowest BCUT2D eigenvalue weighted by Gasteiger charge is -2.29. The summed E-state index contributed by atoms with van der Waals surface area (Å²) in [4.78, 5) is 15.0. The van der Waals surface area contributed by atoms with Crippen molar-refractivity contribution in [2.75, 3.05) is 20.2 Å². The van der Waals surface area contributed by atoms with E-state index in [9.17, 15) is 13.2 Å². The monoisotopic (exact) mass is 262 g/mol. The molecule has 0 aromatic carbocycles. The maximum atomic E-state index is 12.0. The molecule has 0 saturated carbocycles. The second-order valence-corrected chi connectivity index (χ2v) is 6.23. The minimum Gasteiger partial charge on any atom is -0.464 e. The van der Waals surface area contributed by atoms with Gasteiger partial charge in [0.2, 0.25) is 0 Å². The van der Waals surface area contributed by atoms with Crippen LogP contribution in [0.4, 0.5) is 0 Å². The molecule has 88 valence electrons. The second-order valence-electron chi connectivity index (χ2n) is 3.24. The zero-order valence-electron chi connectivity index (χ0n) is 8.54. The number of sulfonamides is 1. The summed E-state index contributed by atoms with van der Waals surface area (Å²) in [5.74, 6) is -0.722. The van der Waals surface area contributed by atoms with Crippen LogP contribution < -0.4 is 0 Å². The largest absolute Gasteiger partial charge is 0.464 e. The second kappa shape index (κ2) is 4.11. The Morgan fingerprint density at radius 3 is 2.75 bits per heavy atom. The Morgan fingerprint density at radius 1 is 1.56 bits per heavy atom. The van der Waals surface area contributed by atoms with Crippen LogP contribution in [0.15, 0.2) is 9.72 Å². The summed E-state index contributed by atoms with van der Waals surface area (Å²) >= 11 is 0.936. The van der Waals surface area contributed by atoms with Gasteiger partial charge in [-0.15, -0.1) is 11.3 Å².